The van der Waals surface area contributed by atoms with Crippen LogP contribution in [0.4, 0.5) is 0 Å². The second-order valence-corrected chi connectivity index (χ2v) is 5.33. The highest BCUT2D eigenvalue weighted by Gasteiger charge is 2.04. The van der Waals surface area contributed by atoms with Crippen LogP contribution < -0.4 is 25.3 Å². The molecule has 142 valence electrons. The van der Waals surface area contributed by atoms with Gasteiger partial charge in [0.15, 0.2) is 17.5 Å². The highest BCUT2D eigenvalue weighted by Crippen LogP contribution is 2.27. The molecular formula is C19H26IN3O3. The number of aliphatic imine (C=N–C) groups is 1. The lowest BCUT2D eigenvalue weighted by molar-refractivity contribution is 0.311. The Labute approximate surface area is 171 Å². The number of hydrogen-bond donors (Lipinski definition) is 2. The standard InChI is InChI=1S/C19H25N3O3.HI/c1-23-17-10-9-15(13-18(17)24-2)14-22-19(20)21-11-6-12-25-16-7-4-3-5-8-16;/h3-5,7-10,13H,6,11-12,14H2,1-2H3,(H3,20,21,22);1H. The van der Waals surface area contributed by atoms with Crippen LogP contribution in [0.25, 0.3) is 0 Å². The van der Waals surface area contributed by atoms with Gasteiger partial charge in [0.05, 0.1) is 27.4 Å². The summed E-state index contributed by atoms with van der Waals surface area (Å²) in [5.41, 5.74) is 6.88. The Kier molecular flexibility index (Phi) is 10.3. The lowest BCUT2D eigenvalue weighted by atomic mass is 10.2. The molecule has 0 radical (unpaired) electrons. The van der Waals surface area contributed by atoms with Crippen LogP contribution in [0.15, 0.2) is 53.5 Å². The van der Waals surface area contributed by atoms with E-state index < -0.39 is 0 Å². The lowest BCUT2D eigenvalue weighted by Gasteiger charge is -2.09. The molecule has 0 spiro atoms. The number of hydrogen-bond acceptors (Lipinski definition) is 4. The summed E-state index contributed by atoms with van der Waals surface area (Å²) in [6.45, 7) is 1.80. The van der Waals surface area contributed by atoms with Crippen LogP contribution in [0.5, 0.6) is 17.2 Å². The van der Waals surface area contributed by atoms with Crippen molar-refractivity contribution in [3.05, 3.63) is 54.1 Å². The predicted octanol–water partition coefficient (Wildman–Crippen LogP) is 3.20. The molecule has 7 heteroatoms. The molecule has 0 saturated heterocycles. The van der Waals surface area contributed by atoms with E-state index in [-0.39, 0.29) is 24.0 Å². The molecule has 0 aliphatic rings. The van der Waals surface area contributed by atoms with E-state index in [0.29, 0.717) is 37.2 Å². The highest BCUT2D eigenvalue weighted by atomic mass is 127. The van der Waals surface area contributed by atoms with Crippen molar-refractivity contribution < 1.29 is 14.2 Å². The average molecular weight is 471 g/mol. The van der Waals surface area contributed by atoms with Gasteiger partial charge in [-0.1, -0.05) is 24.3 Å². The zero-order valence-electron chi connectivity index (χ0n) is 15.1. The van der Waals surface area contributed by atoms with Crippen LogP contribution in [0.1, 0.15) is 12.0 Å². The van der Waals surface area contributed by atoms with E-state index in [1.165, 1.54) is 0 Å². The number of para-hydroxylation sites is 1. The Hall–Kier alpha value is -2.16. The molecule has 2 rings (SSSR count). The fraction of sp³-hybridized carbons (Fsp3) is 0.316. The molecule has 2 aromatic rings. The minimum atomic E-state index is 0. The van der Waals surface area contributed by atoms with E-state index in [1.54, 1.807) is 14.2 Å². The van der Waals surface area contributed by atoms with Crippen LogP contribution in [-0.2, 0) is 6.54 Å². The molecule has 0 heterocycles. The second kappa shape index (κ2) is 12.2. The molecule has 0 aromatic heterocycles. The number of nitrogens with two attached hydrogens (primary N) is 1. The van der Waals surface area contributed by atoms with E-state index in [9.17, 15) is 0 Å². The van der Waals surface area contributed by atoms with Gasteiger partial charge in [-0.15, -0.1) is 24.0 Å². The summed E-state index contributed by atoms with van der Waals surface area (Å²) in [4.78, 5) is 4.33. The number of guanidine groups is 1. The topological polar surface area (TPSA) is 78.1 Å². The predicted molar refractivity (Wildman–Crippen MR) is 115 cm³/mol. The smallest absolute Gasteiger partial charge is 0.188 e. The van der Waals surface area contributed by atoms with Gasteiger partial charge < -0.3 is 25.3 Å². The van der Waals surface area contributed by atoms with Gasteiger partial charge in [-0.25, -0.2) is 4.99 Å². The van der Waals surface area contributed by atoms with Crippen molar-refractivity contribution in [2.45, 2.75) is 13.0 Å². The van der Waals surface area contributed by atoms with E-state index in [0.717, 1.165) is 17.7 Å². The van der Waals surface area contributed by atoms with Crippen molar-refractivity contribution in [3.8, 4) is 17.2 Å². The summed E-state index contributed by atoms with van der Waals surface area (Å²) in [5, 5.41) is 3.08. The molecule has 0 atom stereocenters. The first-order chi connectivity index (χ1) is 12.2. The number of methoxy groups -OCH3 is 2. The lowest BCUT2D eigenvalue weighted by Crippen LogP contribution is -2.33. The highest BCUT2D eigenvalue weighted by molar-refractivity contribution is 14.0. The van der Waals surface area contributed by atoms with Crippen molar-refractivity contribution in [3.63, 3.8) is 0 Å². The van der Waals surface area contributed by atoms with Crippen LogP contribution in [0, 0.1) is 0 Å². The quantitative estimate of drug-likeness (QED) is 0.254. The van der Waals surface area contributed by atoms with Gasteiger partial charge >= 0.3 is 0 Å². The zero-order valence-corrected chi connectivity index (χ0v) is 17.4. The molecule has 2 aromatic carbocycles. The van der Waals surface area contributed by atoms with Gasteiger partial charge in [-0.05, 0) is 36.2 Å². The van der Waals surface area contributed by atoms with Crippen molar-refractivity contribution in [2.75, 3.05) is 27.4 Å². The van der Waals surface area contributed by atoms with Gasteiger partial charge in [0.2, 0.25) is 0 Å². The van der Waals surface area contributed by atoms with E-state index >= 15 is 0 Å². The first-order valence-corrected chi connectivity index (χ1v) is 8.15. The Morgan fingerprint density at radius 3 is 2.46 bits per heavy atom. The first-order valence-electron chi connectivity index (χ1n) is 8.15. The number of nitrogens with one attached hydrogen (secondary N) is 1. The van der Waals surface area contributed by atoms with Gasteiger partial charge in [0.1, 0.15) is 5.75 Å². The molecule has 6 nitrogen and oxygen atoms in total. The summed E-state index contributed by atoms with van der Waals surface area (Å²) in [6, 6.07) is 15.4. The number of benzene rings is 2. The molecule has 0 aliphatic carbocycles. The number of rotatable bonds is 9. The third-order valence-electron chi connectivity index (χ3n) is 3.52. The molecule has 3 N–H and O–H groups in total. The summed E-state index contributed by atoms with van der Waals surface area (Å²) >= 11 is 0. The third kappa shape index (κ3) is 7.38. The molecule has 0 fully saturated rings. The fourth-order valence-electron chi connectivity index (χ4n) is 2.21. The van der Waals surface area contributed by atoms with Crippen molar-refractivity contribution in [1.29, 1.82) is 0 Å². The van der Waals surface area contributed by atoms with Crippen molar-refractivity contribution >= 4 is 29.9 Å². The SMILES string of the molecule is COc1ccc(CN=C(N)NCCCOc2ccccc2)cc1OC.I. The maximum absolute atomic E-state index is 5.88. The maximum atomic E-state index is 5.88. The van der Waals surface area contributed by atoms with Crippen molar-refractivity contribution in [1.82, 2.24) is 5.32 Å². The van der Waals surface area contributed by atoms with E-state index in [1.807, 2.05) is 48.5 Å². The molecule has 0 unspecified atom stereocenters. The van der Waals surface area contributed by atoms with Gasteiger partial charge in [0.25, 0.3) is 0 Å². The van der Waals surface area contributed by atoms with Crippen LogP contribution in [0.2, 0.25) is 0 Å². The van der Waals surface area contributed by atoms with E-state index in [2.05, 4.69) is 10.3 Å². The number of nitrogens with zero attached hydrogens (tertiary/aromatic N) is 1. The summed E-state index contributed by atoms with van der Waals surface area (Å²) in [7, 11) is 3.22. The minimum Gasteiger partial charge on any atom is -0.494 e. The molecular weight excluding hydrogens is 445 g/mol. The fourth-order valence-corrected chi connectivity index (χ4v) is 2.21. The second-order valence-electron chi connectivity index (χ2n) is 5.33. The zero-order chi connectivity index (χ0) is 17.9. The van der Waals surface area contributed by atoms with Crippen LogP contribution in [0.3, 0.4) is 0 Å². The van der Waals surface area contributed by atoms with Crippen molar-refractivity contribution in [2.24, 2.45) is 10.7 Å². The number of halogens is 1. The van der Waals surface area contributed by atoms with Gasteiger partial charge in [-0.2, -0.15) is 0 Å². The summed E-state index contributed by atoms with van der Waals surface area (Å²) in [5.74, 6) is 2.66. The van der Waals surface area contributed by atoms with Crippen LogP contribution >= 0.6 is 24.0 Å². The van der Waals surface area contributed by atoms with Gasteiger partial charge in [-0.3, -0.25) is 0 Å². The monoisotopic (exact) mass is 471 g/mol. The Morgan fingerprint density at radius 1 is 1.04 bits per heavy atom. The summed E-state index contributed by atoms with van der Waals surface area (Å²) < 4.78 is 16.1. The third-order valence-corrected chi connectivity index (χ3v) is 3.52. The Balaban J connectivity index is 0.00000338. The molecule has 0 saturated carbocycles. The normalized spacial score (nSPS) is 10.6. The largest absolute Gasteiger partial charge is 0.494 e. The van der Waals surface area contributed by atoms with E-state index in [4.69, 9.17) is 19.9 Å². The van der Waals surface area contributed by atoms with Crippen LogP contribution in [-0.4, -0.2) is 33.3 Å². The molecule has 26 heavy (non-hydrogen) atoms. The molecule has 0 amide bonds. The Bertz CT molecular complexity index is 681. The Morgan fingerprint density at radius 2 is 1.77 bits per heavy atom. The molecule has 0 bridgehead atoms. The van der Waals surface area contributed by atoms with Gasteiger partial charge in [0, 0.05) is 6.54 Å². The average Bonchev–Trinajstić information content (AvgIpc) is 2.66. The maximum Gasteiger partial charge on any atom is 0.188 e. The minimum absolute atomic E-state index is 0. The summed E-state index contributed by atoms with van der Waals surface area (Å²) in [6.07, 6.45) is 0.835. The molecule has 0 aliphatic heterocycles. The first kappa shape index (κ1) is 21.9. The number of ether oxygens (including phenoxy) is 3.